The Balaban J connectivity index is 0.000000360. The number of phenolic OH excluding ortho intramolecular Hbond substituents is 1. The van der Waals surface area contributed by atoms with E-state index in [-0.39, 0.29) is 21.5 Å². The van der Waals surface area contributed by atoms with Crippen LogP contribution in [0.1, 0.15) is 18.1 Å². The molecule has 0 radical (unpaired) electrons. The molecule has 2 atom stereocenters. The van der Waals surface area contributed by atoms with Crippen molar-refractivity contribution < 1.29 is 19.2 Å². The molecule has 0 bridgehead atoms. The topological polar surface area (TPSA) is 67.8 Å². The summed E-state index contributed by atoms with van der Waals surface area (Å²) in [5.74, 6) is 0.813. The van der Waals surface area contributed by atoms with Gasteiger partial charge in [-0.05, 0) is 43.7 Å². The average Bonchev–Trinajstić information content (AvgIpc) is 2.75. The molecule has 0 fully saturated rings. The number of nitrogens with one attached hydrogen (secondary N) is 1. The minimum absolute atomic E-state index is 0.000321. The molecule has 0 aliphatic rings. The van der Waals surface area contributed by atoms with Gasteiger partial charge in [-0.25, -0.2) is 0 Å². The van der Waals surface area contributed by atoms with Crippen LogP contribution in [-0.2, 0) is 16.1 Å². The van der Waals surface area contributed by atoms with Gasteiger partial charge in [0.05, 0.1) is 0 Å². The number of aryl methyl sites for hydroxylation is 1. The third-order valence-electron chi connectivity index (χ3n) is 3.80. The van der Waals surface area contributed by atoms with E-state index in [2.05, 4.69) is 5.09 Å². The maximum absolute atomic E-state index is 11.9. The van der Waals surface area contributed by atoms with Gasteiger partial charge < -0.3 is 14.4 Å². The van der Waals surface area contributed by atoms with Gasteiger partial charge in [0.2, 0.25) is 0 Å². The SMILES string of the molecule is Cc1ccc(OPNC(C)C(=O)OCc2ccccc2)cc1.Oc1ccccc1. The van der Waals surface area contributed by atoms with Crippen LogP contribution >= 0.6 is 8.96 Å². The van der Waals surface area contributed by atoms with Crippen molar-refractivity contribution in [3.63, 3.8) is 0 Å². The van der Waals surface area contributed by atoms with Crippen molar-refractivity contribution in [1.29, 1.82) is 0 Å². The molecule has 2 N–H and O–H groups in total. The fourth-order valence-corrected chi connectivity index (χ4v) is 2.73. The number of ether oxygens (including phenoxy) is 1. The molecule has 29 heavy (non-hydrogen) atoms. The lowest BCUT2D eigenvalue weighted by molar-refractivity contribution is -0.146. The second-order valence-corrected chi connectivity index (χ2v) is 7.01. The van der Waals surface area contributed by atoms with Crippen LogP contribution < -0.4 is 9.61 Å². The minimum Gasteiger partial charge on any atom is -0.508 e. The van der Waals surface area contributed by atoms with Crippen LogP contribution in [0.15, 0.2) is 84.9 Å². The molecule has 0 aliphatic carbocycles. The van der Waals surface area contributed by atoms with E-state index in [1.807, 2.05) is 67.6 Å². The van der Waals surface area contributed by atoms with Crippen molar-refractivity contribution >= 4 is 14.9 Å². The summed E-state index contributed by atoms with van der Waals surface area (Å²) in [4.78, 5) is 11.9. The third kappa shape index (κ3) is 9.24. The zero-order valence-corrected chi connectivity index (χ0v) is 17.5. The minimum atomic E-state index is -0.410. The summed E-state index contributed by atoms with van der Waals surface area (Å²) < 4.78 is 10.8. The fourth-order valence-electron chi connectivity index (χ4n) is 2.12. The summed E-state index contributed by atoms with van der Waals surface area (Å²) in [6, 6.07) is 25.7. The molecule has 0 saturated heterocycles. The largest absolute Gasteiger partial charge is 0.508 e. The van der Waals surface area contributed by atoms with Gasteiger partial charge in [0.15, 0.2) is 0 Å². The van der Waals surface area contributed by atoms with E-state index in [4.69, 9.17) is 14.4 Å². The number of esters is 1. The molecule has 152 valence electrons. The highest BCUT2D eigenvalue weighted by molar-refractivity contribution is 7.30. The van der Waals surface area contributed by atoms with Gasteiger partial charge in [0, 0.05) is 0 Å². The molecule has 0 heterocycles. The number of hydrogen-bond donors (Lipinski definition) is 2. The Bertz CT molecular complexity index is 842. The third-order valence-corrected chi connectivity index (χ3v) is 4.69. The van der Waals surface area contributed by atoms with Crippen molar-refractivity contribution in [3.05, 3.63) is 96.1 Å². The second kappa shape index (κ2) is 12.6. The highest BCUT2D eigenvalue weighted by Crippen LogP contribution is 2.19. The number of aromatic hydroxyl groups is 1. The molecule has 5 nitrogen and oxygen atoms in total. The van der Waals surface area contributed by atoms with Crippen LogP contribution in [0.25, 0.3) is 0 Å². The molecule has 0 aromatic heterocycles. The molecule has 3 aromatic rings. The number of hydrogen-bond acceptors (Lipinski definition) is 5. The van der Waals surface area contributed by atoms with Crippen molar-refractivity contribution in [3.8, 4) is 11.5 Å². The van der Waals surface area contributed by atoms with Crippen molar-refractivity contribution in [2.75, 3.05) is 0 Å². The van der Waals surface area contributed by atoms with E-state index in [1.165, 1.54) is 5.56 Å². The molecular weight excluding hydrogens is 385 g/mol. The van der Waals surface area contributed by atoms with Crippen LogP contribution in [0.4, 0.5) is 0 Å². The van der Waals surface area contributed by atoms with Crippen LogP contribution in [0.2, 0.25) is 0 Å². The fraction of sp³-hybridized carbons (Fsp3) is 0.174. The lowest BCUT2D eigenvalue weighted by atomic mass is 10.2. The summed E-state index contributed by atoms with van der Waals surface area (Å²) in [5, 5.41) is 11.6. The first-order chi connectivity index (χ1) is 14.0. The summed E-state index contributed by atoms with van der Waals surface area (Å²) >= 11 is 0. The van der Waals surface area contributed by atoms with Crippen molar-refractivity contribution in [1.82, 2.24) is 5.09 Å². The number of phenols is 1. The first-order valence-corrected chi connectivity index (χ1v) is 10.1. The molecule has 3 aromatic carbocycles. The molecule has 0 spiro atoms. The van der Waals surface area contributed by atoms with Gasteiger partial charge in [-0.3, -0.25) is 9.88 Å². The smallest absolute Gasteiger partial charge is 0.323 e. The van der Waals surface area contributed by atoms with E-state index in [0.29, 0.717) is 5.75 Å². The Kier molecular flexibility index (Phi) is 9.70. The maximum atomic E-state index is 11.9. The maximum Gasteiger partial charge on any atom is 0.323 e. The number of carbonyl (C=O) groups is 1. The van der Waals surface area contributed by atoms with Crippen molar-refractivity contribution in [2.24, 2.45) is 0 Å². The van der Waals surface area contributed by atoms with Crippen LogP contribution in [0.5, 0.6) is 11.5 Å². The highest BCUT2D eigenvalue weighted by Gasteiger charge is 2.14. The van der Waals surface area contributed by atoms with Gasteiger partial charge in [-0.15, -0.1) is 0 Å². The Labute approximate surface area is 173 Å². The molecule has 6 heteroatoms. The Morgan fingerprint density at radius 2 is 1.55 bits per heavy atom. The van der Waals surface area contributed by atoms with Gasteiger partial charge in [-0.1, -0.05) is 66.2 Å². The average molecular weight is 411 g/mol. The van der Waals surface area contributed by atoms with E-state index in [9.17, 15) is 4.79 Å². The molecular formula is C23H26NO4P. The lowest BCUT2D eigenvalue weighted by Crippen LogP contribution is -2.30. The predicted octanol–water partition coefficient (Wildman–Crippen LogP) is 5.00. The molecule has 2 unspecified atom stereocenters. The monoisotopic (exact) mass is 411 g/mol. The summed E-state index contributed by atoms with van der Waals surface area (Å²) in [6.45, 7) is 4.07. The first-order valence-electron chi connectivity index (χ1n) is 9.23. The van der Waals surface area contributed by atoms with E-state index in [1.54, 1.807) is 31.2 Å². The molecule has 0 saturated carbocycles. The van der Waals surface area contributed by atoms with Crippen LogP contribution in [0.3, 0.4) is 0 Å². The van der Waals surface area contributed by atoms with E-state index < -0.39 is 6.04 Å². The number of para-hydroxylation sites is 1. The summed E-state index contributed by atoms with van der Waals surface area (Å²) in [7, 11) is -0.000321. The van der Waals surface area contributed by atoms with Gasteiger partial charge in [0.1, 0.15) is 33.1 Å². The predicted molar refractivity (Wildman–Crippen MR) is 117 cm³/mol. The van der Waals surface area contributed by atoms with E-state index >= 15 is 0 Å². The van der Waals surface area contributed by atoms with Gasteiger partial charge in [-0.2, -0.15) is 0 Å². The van der Waals surface area contributed by atoms with Crippen LogP contribution in [0, 0.1) is 6.92 Å². The molecule has 0 amide bonds. The Morgan fingerprint density at radius 1 is 0.966 bits per heavy atom. The van der Waals surface area contributed by atoms with Crippen LogP contribution in [-0.4, -0.2) is 17.1 Å². The first kappa shape index (κ1) is 22.4. The Hall–Kier alpha value is -2.88. The molecule has 0 aliphatic heterocycles. The number of benzene rings is 3. The standard InChI is InChI=1S/C17H20NO3P.C6H6O/c1-13-8-10-16(11-9-13)21-22-18-14(2)17(19)20-12-15-6-4-3-5-7-15;7-6-4-2-1-3-5-6/h3-11,14,18,22H,12H2,1-2H3;1-5,7H. The zero-order valence-electron chi connectivity index (χ0n) is 16.5. The normalized spacial score (nSPS) is 11.4. The lowest BCUT2D eigenvalue weighted by Gasteiger charge is -2.13. The zero-order chi connectivity index (χ0) is 20.9. The van der Waals surface area contributed by atoms with Gasteiger partial charge in [0.25, 0.3) is 0 Å². The summed E-state index contributed by atoms with van der Waals surface area (Å²) in [5.41, 5.74) is 2.16. The number of rotatable bonds is 7. The summed E-state index contributed by atoms with van der Waals surface area (Å²) in [6.07, 6.45) is 0. The van der Waals surface area contributed by atoms with Gasteiger partial charge >= 0.3 is 5.97 Å². The second-order valence-electron chi connectivity index (χ2n) is 6.31. The number of carbonyl (C=O) groups excluding carboxylic acids is 1. The molecule has 3 rings (SSSR count). The Morgan fingerprint density at radius 3 is 2.10 bits per heavy atom. The van der Waals surface area contributed by atoms with E-state index in [0.717, 1.165) is 11.3 Å². The highest BCUT2D eigenvalue weighted by atomic mass is 31.1. The quantitative estimate of drug-likeness (QED) is 0.423. The van der Waals surface area contributed by atoms with Crippen molar-refractivity contribution in [2.45, 2.75) is 26.5 Å².